The number of ether oxygens (including phenoxy) is 6. The Hall–Kier alpha value is -8.73. The van der Waals surface area contributed by atoms with Crippen LogP contribution in [0.2, 0.25) is 5.02 Å². The molecule has 0 bridgehead atoms. The van der Waals surface area contributed by atoms with Crippen molar-refractivity contribution in [3.63, 3.8) is 0 Å². The molecule has 5 aromatic carbocycles. The lowest BCUT2D eigenvalue weighted by atomic mass is 9.97. The van der Waals surface area contributed by atoms with Crippen molar-refractivity contribution in [2.45, 2.75) is 49.7 Å². The van der Waals surface area contributed by atoms with Gasteiger partial charge in [-0.1, -0.05) is 41.9 Å². The van der Waals surface area contributed by atoms with E-state index >= 15 is 0 Å². The van der Waals surface area contributed by atoms with Crippen LogP contribution in [0.4, 0.5) is 22.7 Å². The summed E-state index contributed by atoms with van der Waals surface area (Å²) in [5.74, 6) is -0.152. The first-order valence-corrected chi connectivity index (χ1v) is 33.9. The Morgan fingerprint density at radius 2 is 1.54 bits per heavy atom. The van der Waals surface area contributed by atoms with Crippen LogP contribution in [0.5, 0.6) is 17.2 Å². The normalized spacial score (nSPS) is 17.4. The van der Waals surface area contributed by atoms with Gasteiger partial charge < -0.3 is 58.7 Å². The molecule has 7 heterocycles. The van der Waals surface area contributed by atoms with Crippen LogP contribution in [0, 0.1) is 22.0 Å². The number of nitro benzene ring substituents is 1. The van der Waals surface area contributed by atoms with Gasteiger partial charge in [-0.3, -0.25) is 39.5 Å². The van der Waals surface area contributed by atoms with Crippen molar-refractivity contribution >= 4 is 79.0 Å². The number of imide groups is 1. The number of anilines is 3. The molecule has 1 atom stereocenters. The second-order valence-electron chi connectivity index (χ2n) is 24.2. The van der Waals surface area contributed by atoms with E-state index in [1.54, 1.807) is 35.4 Å². The molecule has 4 fully saturated rings. The average Bonchev–Trinajstić information content (AvgIpc) is 1.70. The van der Waals surface area contributed by atoms with Gasteiger partial charge in [-0.2, -0.15) is 0 Å². The predicted molar refractivity (Wildman–Crippen MR) is 356 cm³/mol. The Bertz CT molecular complexity index is 4030. The number of hydrogen-bond acceptors (Lipinski definition) is 20. The van der Waals surface area contributed by atoms with Crippen LogP contribution >= 0.6 is 11.6 Å². The van der Waals surface area contributed by atoms with Gasteiger partial charge in [0.05, 0.1) is 67.8 Å². The number of amides is 4. The van der Waals surface area contributed by atoms with Crippen molar-refractivity contribution in [1.29, 1.82) is 0 Å². The molecule has 7 aromatic rings. The van der Waals surface area contributed by atoms with Gasteiger partial charge in [0.25, 0.3) is 27.5 Å². The second-order valence-corrected chi connectivity index (χ2v) is 26.3. The topological polar surface area (TPSA) is 291 Å². The van der Waals surface area contributed by atoms with Gasteiger partial charge in [0, 0.05) is 154 Å². The molecule has 5 aliphatic rings. The van der Waals surface area contributed by atoms with Crippen molar-refractivity contribution in [2.24, 2.45) is 11.8 Å². The Labute approximate surface area is 554 Å². The van der Waals surface area contributed by atoms with Crippen molar-refractivity contribution in [2.75, 3.05) is 134 Å². The highest BCUT2D eigenvalue weighted by atomic mass is 35.5. The van der Waals surface area contributed by atoms with E-state index in [9.17, 15) is 37.7 Å². The molecule has 95 heavy (non-hydrogen) atoms. The number of halogens is 1. The minimum atomic E-state index is -4.62. The van der Waals surface area contributed by atoms with Crippen LogP contribution in [0.25, 0.3) is 22.2 Å². The quantitative estimate of drug-likeness (QED) is 0.0123. The van der Waals surface area contributed by atoms with Crippen LogP contribution in [-0.4, -0.2) is 186 Å². The van der Waals surface area contributed by atoms with Crippen LogP contribution in [0.3, 0.4) is 0 Å². The van der Waals surface area contributed by atoms with E-state index in [-0.39, 0.29) is 41.2 Å². The molecule has 1 unspecified atom stereocenters. The van der Waals surface area contributed by atoms with Gasteiger partial charge in [0.15, 0.2) is 0 Å². The molecule has 27 heteroatoms. The fourth-order valence-corrected chi connectivity index (χ4v) is 13.7. The molecule has 0 spiro atoms. The maximum Gasteiger partial charge on any atom is 0.293 e. The largest absolute Gasteiger partial charge is 0.493 e. The predicted octanol–water partition coefficient (Wildman–Crippen LogP) is 8.10. The monoisotopic (exact) mass is 1340 g/mol. The minimum absolute atomic E-state index is 0.0794. The first-order valence-electron chi connectivity index (χ1n) is 32.1. The number of nitrogens with zero attached hydrogens (tertiary/aromatic N) is 6. The Balaban J connectivity index is 0.599. The second kappa shape index (κ2) is 30.8. The Kier molecular flexibility index (Phi) is 21.5. The number of piperidine rings is 1. The molecule has 500 valence electrons. The summed E-state index contributed by atoms with van der Waals surface area (Å²) in [6.45, 7) is 11.6. The number of carbonyl (C=O) groups is 4. The number of benzene rings is 5. The summed E-state index contributed by atoms with van der Waals surface area (Å²) in [6.07, 6.45) is 5.37. The lowest BCUT2D eigenvalue weighted by molar-refractivity contribution is -0.384. The first kappa shape index (κ1) is 66.3. The van der Waals surface area contributed by atoms with Gasteiger partial charge in [-0.25, -0.2) is 18.1 Å². The molecule has 5 aliphatic heterocycles. The lowest BCUT2D eigenvalue weighted by Crippen LogP contribution is -2.52. The number of aromatic amines is 1. The van der Waals surface area contributed by atoms with E-state index in [0.717, 1.165) is 83.3 Å². The van der Waals surface area contributed by atoms with Crippen LogP contribution in [-0.2, 0) is 51.6 Å². The van der Waals surface area contributed by atoms with Crippen LogP contribution in [0.1, 0.15) is 57.5 Å². The highest BCUT2D eigenvalue weighted by Gasteiger charge is 2.40. The molecule has 25 nitrogen and oxygen atoms in total. The maximum atomic E-state index is 14.1. The molecule has 0 saturated carbocycles. The SMILES string of the molecule is O=C1CCC(N2Cc3c(NCCOCCOCCOCCN4CC(COc5cccc(-c6ccc(Cl)cc6)c5CN5CCN(c6ccc(C(=O)NS(=O)(=O)c7ccc(NCC8CCOCC8)c([N+](=O)[O-])c7)c(Oc7cnc8[nH]ccc8c7)c6)CC5)C4)cccc3C2=O)C(=O)N1. The smallest absolute Gasteiger partial charge is 0.293 e. The van der Waals surface area contributed by atoms with E-state index in [2.05, 4.69) is 51.4 Å². The molecule has 12 rings (SSSR count). The number of H-pyrrole nitrogens is 1. The lowest BCUT2D eigenvalue weighted by Gasteiger charge is -2.39. The van der Waals surface area contributed by atoms with Crippen LogP contribution < -0.4 is 35.0 Å². The third-order valence-corrected chi connectivity index (χ3v) is 19.4. The van der Waals surface area contributed by atoms with E-state index in [1.807, 2.05) is 54.6 Å². The third-order valence-electron chi connectivity index (χ3n) is 17.8. The van der Waals surface area contributed by atoms with Gasteiger partial charge in [0.1, 0.15) is 34.6 Å². The average molecular weight is 1340 g/mol. The summed E-state index contributed by atoms with van der Waals surface area (Å²) in [4.78, 5) is 78.5. The number of fused-ring (bicyclic) bond motifs is 2. The summed E-state index contributed by atoms with van der Waals surface area (Å²) >= 11 is 6.37. The number of pyridine rings is 1. The maximum absolute atomic E-state index is 14.1. The molecule has 2 aromatic heterocycles. The zero-order chi connectivity index (χ0) is 65.8. The number of rotatable bonds is 30. The van der Waals surface area contributed by atoms with Gasteiger partial charge in [-0.05, 0) is 103 Å². The fourth-order valence-electron chi connectivity index (χ4n) is 12.6. The fraction of sp³-hybridized carbons (Fsp3) is 0.397. The van der Waals surface area contributed by atoms with Crippen molar-refractivity contribution in [3.05, 3.63) is 159 Å². The van der Waals surface area contributed by atoms with E-state index < -0.39 is 43.4 Å². The first-order chi connectivity index (χ1) is 46.2. The summed E-state index contributed by atoms with van der Waals surface area (Å²) in [5, 5.41) is 22.4. The van der Waals surface area contributed by atoms with E-state index in [4.69, 9.17) is 40.0 Å². The van der Waals surface area contributed by atoms with Gasteiger partial charge in [0.2, 0.25) is 11.8 Å². The van der Waals surface area contributed by atoms with Crippen LogP contribution in [0.15, 0.2) is 126 Å². The van der Waals surface area contributed by atoms with E-state index in [1.165, 1.54) is 24.4 Å². The van der Waals surface area contributed by atoms with Gasteiger partial charge >= 0.3 is 0 Å². The summed E-state index contributed by atoms with van der Waals surface area (Å²) < 4.78 is 65.8. The minimum Gasteiger partial charge on any atom is -0.493 e. The summed E-state index contributed by atoms with van der Waals surface area (Å²) in [7, 11) is -4.62. The zero-order valence-corrected chi connectivity index (χ0v) is 54.0. The Morgan fingerprint density at radius 3 is 2.32 bits per heavy atom. The third kappa shape index (κ3) is 16.5. The number of nitro groups is 1. The molecular formula is C68H76ClN11O14S. The summed E-state index contributed by atoms with van der Waals surface area (Å²) in [5.41, 5.74) is 6.36. The molecule has 0 radical (unpaired) electrons. The van der Waals surface area contributed by atoms with E-state index in [0.29, 0.717) is 146 Å². The molecule has 5 N–H and O–H groups in total. The number of carbonyl (C=O) groups excluding carboxylic acids is 4. The number of nitrogens with one attached hydrogen (secondary N) is 5. The summed E-state index contributed by atoms with van der Waals surface area (Å²) in [6, 6.07) is 30.9. The zero-order valence-electron chi connectivity index (χ0n) is 52.4. The molecule has 4 amide bonds. The number of hydrogen-bond donors (Lipinski definition) is 5. The highest BCUT2D eigenvalue weighted by molar-refractivity contribution is 7.90. The van der Waals surface area contributed by atoms with Crippen molar-refractivity contribution < 1.29 is 60.9 Å². The van der Waals surface area contributed by atoms with Crippen molar-refractivity contribution in [3.8, 4) is 28.4 Å². The molecular weight excluding hydrogens is 1260 g/mol. The number of piperazine rings is 1. The standard InChI is InChI=1S/C68H76ClN11O14S/c69-49-9-7-47(8-10-49)53-3-2-6-62(93-44-46-40-77(41-46)26-30-91-32-34-92-33-31-90-29-21-70-58-5-1-4-54-56(58)43-79(68(54)84)60-15-16-64(81)74-67(60)83)57(53)42-76-22-24-78(25-23-76)50-11-13-55(63(36-50)94-51-35-48-17-20-71-65(48)73-39-51)66(82)75-95(87,88)52-12-14-59(61(37-52)80(85)86)72-38-45-18-27-89-28-19-45/h1-14,17,20,35-37,39,45-46,60,70,72H,15-16,18-19,21-34,38,40-44H2,(H,71,73)(H,75,82)(H,74,81,83). The number of aromatic nitrogens is 2. The molecule has 0 aliphatic carbocycles. The number of likely N-dealkylation sites (tertiary alicyclic amines) is 1. The molecule has 4 saturated heterocycles. The van der Waals surface area contributed by atoms with Crippen molar-refractivity contribution in [1.82, 2.24) is 34.7 Å². The number of sulfonamides is 1. The highest BCUT2D eigenvalue weighted by Crippen LogP contribution is 2.38. The Morgan fingerprint density at radius 1 is 0.779 bits per heavy atom. The van der Waals surface area contributed by atoms with Gasteiger partial charge in [-0.15, -0.1) is 0 Å².